The number of rotatable bonds is 10. The van der Waals surface area contributed by atoms with Gasteiger partial charge in [0.25, 0.3) is 5.91 Å². The maximum Gasteiger partial charge on any atom is 0.290 e. The van der Waals surface area contributed by atoms with Crippen molar-refractivity contribution in [3.8, 4) is 0 Å². The second-order valence-corrected chi connectivity index (χ2v) is 7.85. The quantitative estimate of drug-likeness (QED) is 0.638. The Bertz CT molecular complexity index is 812. The number of hydrogen-bond donors (Lipinski definition) is 1. The molecule has 0 bridgehead atoms. The van der Waals surface area contributed by atoms with Crippen molar-refractivity contribution in [1.29, 1.82) is 0 Å². The number of likely N-dealkylation sites (N-methyl/N-ethyl adjacent to an activating group) is 1. The van der Waals surface area contributed by atoms with Crippen molar-refractivity contribution >= 4 is 34.2 Å². The van der Waals surface area contributed by atoms with Crippen LogP contribution in [0.15, 0.2) is 28.2 Å². The van der Waals surface area contributed by atoms with E-state index >= 15 is 0 Å². The first kappa shape index (κ1) is 22.6. The number of carbonyl (C=O) groups excluding carboxylic acids is 3. The Morgan fingerprint density at radius 1 is 1.21 bits per heavy atom. The Morgan fingerprint density at radius 3 is 2.52 bits per heavy atom. The van der Waals surface area contributed by atoms with Gasteiger partial charge in [0.1, 0.15) is 6.54 Å². The minimum atomic E-state index is -0.346. The van der Waals surface area contributed by atoms with Gasteiger partial charge in [-0.1, -0.05) is 13.8 Å². The van der Waals surface area contributed by atoms with E-state index in [4.69, 9.17) is 4.42 Å². The van der Waals surface area contributed by atoms with Gasteiger partial charge >= 0.3 is 0 Å². The molecule has 2 aromatic heterocycles. The number of furan rings is 1. The molecule has 0 unspecified atom stereocenters. The summed E-state index contributed by atoms with van der Waals surface area (Å²) in [6.45, 7) is 9.43. The van der Waals surface area contributed by atoms with Gasteiger partial charge in [-0.15, -0.1) is 11.3 Å². The summed E-state index contributed by atoms with van der Waals surface area (Å²) >= 11 is 1.26. The highest BCUT2D eigenvalue weighted by Gasteiger charge is 2.22. The highest BCUT2D eigenvalue weighted by Crippen LogP contribution is 2.17. The molecule has 8 nitrogen and oxygen atoms in total. The number of hydrogen-bond acceptors (Lipinski definition) is 6. The molecule has 0 fully saturated rings. The van der Waals surface area contributed by atoms with Crippen molar-refractivity contribution in [3.05, 3.63) is 35.2 Å². The van der Waals surface area contributed by atoms with E-state index in [1.807, 2.05) is 27.7 Å². The molecule has 0 saturated carbocycles. The minimum absolute atomic E-state index is 0.00493. The van der Waals surface area contributed by atoms with Gasteiger partial charge in [0.15, 0.2) is 10.9 Å². The second kappa shape index (κ2) is 10.8. The third kappa shape index (κ3) is 6.70. The number of nitrogens with one attached hydrogen (secondary N) is 1. The first-order valence-electron chi connectivity index (χ1n) is 9.68. The highest BCUT2D eigenvalue weighted by atomic mass is 32.1. The average molecular weight is 421 g/mol. The predicted octanol–water partition coefficient (Wildman–Crippen LogP) is 2.88. The molecule has 2 aromatic rings. The maximum absolute atomic E-state index is 12.6. The lowest BCUT2D eigenvalue weighted by atomic mass is 10.2. The van der Waals surface area contributed by atoms with Gasteiger partial charge in [-0.3, -0.25) is 14.4 Å². The smallest absolute Gasteiger partial charge is 0.290 e. The van der Waals surface area contributed by atoms with Gasteiger partial charge in [0.05, 0.1) is 18.4 Å². The molecule has 0 aliphatic rings. The zero-order chi connectivity index (χ0) is 21.4. The summed E-state index contributed by atoms with van der Waals surface area (Å²) in [5.41, 5.74) is 0.618. The monoisotopic (exact) mass is 420 g/mol. The summed E-state index contributed by atoms with van der Waals surface area (Å²) in [6.07, 6.45) is 1.63. The minimum Gasteiger partial charge on any atom is -0.459 e. The van der Waals surface area contributed by atoms with Crippen LogP contribution in [0.3, 0.4) is 0 Å². The summed E-state index contributed by atoms with van der Waals surface area (Å²) in [5, 5.41) is 4.89. The van der Waals surface area contributed by atoms with E-state index in [1.165, 1.54) is 22.5 Å². The van der Waals surface area contributed by atoms with Crippen LogP contribution in [0.5, 0.6) is 0 Å². The zero-order valence-electron chi connectivity index (χ0n) is 17.3. The Morgan fingerprint density at radius 2 is 1.93 bits per heavy atom. The summed E-state index contributed by atoms with van der Waals surface area (Å²) in [5.74, 6) is -0.278. The fourth-order valence-corrected chi connectivity index (χ4v) is 3.56. The first-order valence-corrected chi connectivity index (χ1v) is 10.6. The van der Waals surface area contributed by atoms with E-state index < -0.39 is 0 Å². The van der Waals surface area contributed by atoms with Crippen molar-refractivity contribution in [2.24, 2.45) is 5.92 Å². The van der Waals surface area contributed by atoms with Crippen LogP contribution in [0.4, 0.5) is 5.13 Å². The van der Waals surface area contributed by atoms with Crippen LogP contribution in [0.2, 0.25) is 0 Å². The maximum atomic E-state index is 12.6. The topological polar surface area (TPSA) is 95.8 Å². The molecule has 3 amide bonds. The molecule has 158 valence electrons. The number of thiazole rings is 1. The third-order valence-corrected chi connectivity index (χ3v) is 4.99. The number of carbonyl (C=O) groups is 3. The fraction of sp³-hybridized carbons (Fsp3) is 0.500. The molecule has 9 heteroatoms. The van der Waals surface area contributed by atoms with Crippen LogP contribution in [-0.2, 0) is 16.0 Å². The summed E-state index contributed by atoms with van der Waals surface area (Å²) < 4.78 is 5.17. The van der Waals surface area contributed by atoms with E-state index in [0.717, 1.165) is 0 Å². The van der Waals surface area contributed by atoms with Gasteiger partial charge in [0, 0.05) is 25.0 Å². The SMILES string of the molecule is CCN(CC)C(=O)Cc1csc(NC(=O)CN(CC(C)C)C(=O)c2ccco2)n1. The molecule has 0 spiro atoms. The van der Waals surface area contributed by atoms with E-state index in [-0.39, 0.29) is 42.4 Å². The van der Waals surface area contributed by atoms with Crippen molar-refractivity contribution in [3.63, 3.8) is 0 Å². The molecule has 0 aromatic carbocycles. The molecule has 2 heterocycles. The Labute approximate surface area is 174 Å². The fourth-order valence-electron chi connectivity index (χ4n) is 2.84. The number of anilines is 1. The summed E-state index contributed by atoms with van der Waals surface area (Å²) in [4.78, 5) is 44.7. The lowest BCUT2D eigenvalue weighted by Gasteiger charge is -2.22. The molecular weight excluding hydrogens is 392 g/mol. The van der Waals surface area contributed by atoms with E-state index in [0.29, 0.717) is 30.5 Å². The van der Waals surface area contributed by atoms with Crippen molar-refractivity contribution < 1.29 is 18.8 Å². The summed E-state index contributed by atoms with van der Waals surface area (Å²) in [7, 11) is 0. The first-order chi connectivity index (χ1) is 13.8. The van der Waals surface area contributed by atoms with Crippen LogP contribution < -0.4 is 5.32 Å². The van der Waals surface area contributed by atoms with Gasteiger partial charge in [-0.05, 0) is 31.9 Å². The standard InChI is InChI=1S/C20H28N4O4S/c1-5-23(6-2)18(26)10-15-13-29-20(21-15)22-17(25)12-24(11-14(3)4)19(27)16-8-7-9-28-16/h7-9,13-14H,5-6,10-12H2,1-4H3,(H,21,22,25). The van der Waals surface area contributed by atoms with Gasteiger partial charge in [-0.2, -0.15) is 0 Å². The van der Waals surface area contributed by atoms with E-state index in [1.54, 1.807) is 22.4 Å². The van der Waals surface area contributed by atoms with Crippen LogP contribution in [0, 0.1) is 5.92 Å². The van der Waals surface area contributed by atoms with Gasteiger partial charge < -0.3 is 19.5 Å². The second-order valence-electron chi connectivity index (χ2n) is 6.99. The van der Waals surface area contributed by atoms with E-state index in [2.05, 4.69) is 10.3 Å². The molecule has 0 aliphatic carbocycles. The normalized spacial score (nSPS) is 10.8. The van der Waals surface area contributed by atoms with Crippen molar-refractivity contribution in [1.82, 2.24) is 14.8 Å². The molecule has 1 N–H and O–H groups in total. The highest BCUT2D eigenvalue weighted by molar-refractivity contribution is 7.13. The predicted molar refractivity (Wildman–Crippen MR) is 112 cm³/mol. The largest absolute Gasteiger partial charge is 0.459 e. The van der Waals surface area contributed by atoms with Crippen molar-refractivity contribution in [2.75, 3.05) is 31.5 Å². The molecule has 29 heavy (non-hydrogen) atoms. The number of amides is 3. The lowest BCUT2D eigenvalue weighted by Crippen LogP contribution is -2.40. The van der Waals surface area contributed by atoms with Gasteiger partial charge in [-0.25, -0.2) is 4.98 Å². The summed E-state index contributed by atoms with van der Waals surface area (Å²) in [6, 6.07) is 3.21. The van der Waals surface area contributed by atoms with Crippen molar-refractivity contribution in [2.45, 2.75) is 34.1 Å². The van der Waals surface area contributed by atoms with Crippen LogP contribution in [-0.4, -0.2) is 58.7 Å². The number of nitrogens with zero attached hydrogens (tertiary/aromatic N) is 3. The molecule has 0 aliphatic heterocycles. The van der Waals surface area contributed by atoms with Crippen LogP contribution in [0.1, 0.15) is 43.9 Å². The third-order valence-electron chi connectivity index (χ3n) is 4.19. The Hall–Kier alpha value is -2.68. The molecule has 0 saturated heterocycles. The number of aromatic nitrogens is 1. The van der Waals surface area contributed by atoms with E-state index in [9.17, 15) is 14.4 Å². The molecular formula is C20H28N4O4S. The van der Waals surface area contributed by atoms with Crippen LogP contribution >= 0.6 is 11.3 Å². The lowest BCUT2D eigenvalue weighted by molar-refractivity contribution is -0.130. The molecule has 0 radical (unpaired) electrons. The molecule has 2 rings (SSSR count). The Balaban J connectivity index is 1.97. The molecule has 0 atom stereocenters. The average Bonchev–Trinajstić information content (AvgIpc) is 3.33. The van der Waals surface area contributed by atoms with Gasteiger partial charge in [0.2, 0.25) is 11.8 Å². The van der Waals surface area contributed by atoms with Crippen LogP contribution in [0.25, 0.3) is 0 Å². The zero-order valence-corrected chi connectivity index (χ0v) is 18.1. The Kier molecular flexibility index (Phi) is 8.38.